The third-order valence-electron chi connectivity index (χ3n) is 4.10. The lowest BCUT2D eigenvalue weighted by Crippen LogP contribution is -2.50. The van der Waals surface area contributed by atoms with Crippen molar-refractivity contribution in [3.05, 3.63) is 0 Å². The number of ether oxygens (including phenoxy) is 1. The molecule has 5 unspecified atom stereocenters. The maximum atomic E-state index is 14.0. The molecule has 124 valence electrons. The normalized spacial score (nSPS) is 45.6. The fourth-order valence-corrected chi connectivity index (χ4v) is 3.69. The molecule has 0 aromatic heterocycles. The minimum atomic E-state index is -4.03. The Labute approximate surface area is 127 Å². The van der Waals surface area contributed by atoms with Gasteiger partial charge in [0.05, 0.1) is 6.10 Å². The minimum Gasteiger partial charge on any atom is -0.317 e. The molecular formula is C13H17BrF6O. The molecule has 1 nitrogen and oxygen atoms in total. The van der Waals surface area contributed by atoms with E-state index in [1.165, 1.54) is 0 Å². The summed E-state index contributed by atoms with van der Waals surface area (Å²) in [6.45, 7) is 0. The van der Waals surface area contributed by atoms with Gasteiger partial charge in [-0.15, -0.1) is 0 Å². The van der Waals surface area contributed by atoms with Crippen LogP contribution in [0, 0.1) is 5.92 Å². The second-order valence-corrected chi connectivity index (χ2v) is 7.07. The topological polar surface area (TPSA) is 9.23 Å². The maximum Gasteiger partial charge on any atom is 0.364 e. The maximum absolute atomic E-state index is 14.0. The van der Waals surface area contributed by atoms with E-state index in [1.54, 1.807) is 0 Å². The zero-order valence-electron chi connectivity index (χ0n) is 11.1. The van der Waals surface area contributed by atoms with E-state index in [9.17, 15) is 26.3 Å². The highest BCUT2D eigenvalue weighted by molar-refractivity contribution is 9.09. The van der Waals surface area contributed by atoms with Crippen LogP contribution in [0.2, 0.25) is 0 Å². The van der Waals surface area contributed by atoms with Gasteiger partial charge in [-0.05, 0) is 25.7 Å². The molecule has 2 aliphatic rings. The number of hydrogen-bond acceptors (Lipinski definition) is 1. The molecule has 0 radical (unpaired) electrons. The van der Waals surface area contributed by atoms with Gasteiger partial charge in [-0.25, -0.2) is 17.6 Å². The van der Waals surface area contributed by atoms with Crippen molar-refractivity contribution in [1.29, 1.82) is 0 Å². The van der Waals surface area contributed by atoms with Gasteiger partial charge in [-0.2, -0.15) is 8.78 Å². The second-order valence-electron chi connectivity index (χ2n) is 5.77. The van der Waals surface area contributed by atoms with Crippen LogP contribution in [-0.4, -0.2) is 41.7 Å². The van der Waals surface area contributed by atoms with Gasteiger partial charge in [0, 0.05) is 11.2 Å². The number of alkyl halides is 7. The van der Waals surface area contributed by atoms with Crippen molar-refractivity contribution in [1.82, 2.24) is 0 Å². The van der Waals surface area contributed by atoms with Gasteiger partial charge >= 0.3 is 6.11 Å². The van der Waals surface area contributed by atoms with Gasteiger partial charge < -0.3 is 4.74 Å². The van der Waals surface area contributed by atoms with Gasteiger partial charge in [0.25, 0.3) is 0 Å². The van der Waals surface area contributed by atoms with Crippen molar-refractivity contribution in [2.75, 3.05) is 0 Å². The Kier molecular flexibility index (Phi) is 5.50. The summed E-state index contributed by atoms with van der Waals surface area (Å²) < 4.78 is 86.2. The summed E-state index contributed by atoms with van der Waals surface area (Å²) in [5.74, 6) is -2.20. The average Bonchev–Trinajstić information content (AvgIpc) is 2.31. The van der Waals surface area contributed by atoms with E-state index in [0.717, 1.165) is 0 Å². The van der Waals surface area contributed by atoms with E-state index < -0.39 is 54.1 Å². The second kappa shape index (κ2) is 6.64. The van der Waals surface area contributed by atoms with E-state index in [4.69, 9.17) is 0 Å². The van der Waals surface area contributed by atoms with Crippen LogP contribution in [0.15, 0.2) is 0 Å². The summed E-state index contributed by atoms with van der Waals surface area (Å²) in [4.78, 5) is -0.494. The largest absolute Gasteiger partial charge is 0.364 e. The average molecular weight is 383 g/mol. The Morgan fingerprint density at radius 2 is 1.38 bits per heavy atom. The summed E-state index contributed by atoms with van der Waals surface area (Å²) in [7, 11) is 0. The van der Waals surface area contributed by atoms with Gasteiger partial charge in [-0.1, -0.05) is 15.9 Å². The molecule has 8 heteroatoms. The summed E-state index contributed by atoms with van der Waals surface area (Å²) in [5.41, 5.74) is 0. The molecule has 0 bridgehead atoms. The molecular weight excluding hydrogens is 366 g/mol. The summed E-state index contributed by atoms with van der Waals surface area (Å²) in [6, 6.07) is 0. The lowest BCUT2D eigenvalue weighted by molar-refractivity contribution is -0.319. The van der Waals surface area contributed by atoms with Crippen LogP contribution < -0.4 is 0 Å². The molecule has 2 fully saturated rings. The predicted molar refractivity (Wildman–Crippen MR) is 68.7 cm³/mol. The third-order valence-corrected chi connectivity index (χ3v) is 4.85. The predicted octanol–water partition coefficient (Wildman–Crippen LogP) is 4.67. The molecule has 21 heavy (non-hydrogen) atoms. The van der Waals surface area contributed by atoms with E-state index in [0.29, 0.717) is 0 Å². The van der Waals surface area contributed by atoms with Gasteiger partial charge in [0.1, 0.15) is 30.6 Å². The fraction of sp³-hybridized carbons (Fsp3) is 1.00. The molecule has 0 aromatic carbocycles. The van der Waals surface area contributed by atoms with E-state index in [-0.39, 0.29) is 25.7 Å². The van der Waals surface area contributed by atoms with E-state index in [1.807, 2.05) is 0 Å². The van der Waals surface area contributed by atoms with Crippen molar-refractivity contribution < 1.29 is 31.1 Å². The van der Waals surface area contributed by atoms with Gasteiger partial charge in [-0.3, -0.25) is 0 Å². The molecule has 0 aromatic rings. The molecule has 5 atom stereocenters. The van der Waals surface area contributed by atoms with E-state index in [2.05, 4.69) is 20.7 Å². The van der Waals surface area contributed by atoms with Crippen molar-refractivity contribution in [2.24, 2.45) is 5.92 Å². The summed E-state index contributed by atoms with van der Waals surface area (Å²) >= 11 is 3.02. The van der Waals surface area contributed by atoms with Crippen molar-refractivity contribution in [3.63, 3.8) is 0 Å². The van der Waals surface area contributed by atoms with Crippen molar-refractivity contribution in [2.45, 2.75) is 73.8 Å². The van der Waals surface area contributed by atoms with Crippen LogP contribution >= 0.6 is 15.9 Å². The van der Waals surface area contributed by atoms with Crippen LogP contribution in [0.25, 0.3) is 0 Å². The first-order valence-corrected chi connectivity index (χ1v) is 7.88. The number of hydrogen-bond donors (Lipinski definition) is 0. The number of rotatable bonds is 3. The summed E-state index contributed by atoms with van der Waals surface area (Å²) in [6.07, 6.45) is -14.2. The molecule has 0 heterocycles. The van der Waals surface area contributed by atoms with Gasteiger partial charge in [0.2, 0.25) is 0 Å². The third kappa shape index (κ3) is 4.06. The zero-order valence-corrected chi connectivity index (χ0v) is 12.7. The van der Waals surface area contributed by atoms with Crippen LogP contribution in [0.1, 0.15) is 32.1 Å². The Morgan fingerprint density at radius 1 is 0.810 bits per heavy atom. The van der Waals surface area contributed by atoms with Crippen molar-refractivity contribution >= 4 is 15.9 Å². The molecule has 0 N–H and O–H groups in total. The lowest BCUT2D eigenvalue weighted by Gasteiger charge is -2.39. The quantitative estimate of drug-likeness (QED) is 0.508. The molecule has 0 amide bonds. The Bertz CT molecular complexity index is 346. The van der Waals surface area contributed by atoms with Gasteiger partial charge in [0.15, 0.2) is 0 Å². The highest BCUT2D eigenvalue weighted by atomic mass is 79.9. The first-order chi connectivity index (χ1) is 9.70. The summed E-state index contributed by atoms with van der Waals surface area (Å²) in [5, 5.41) is 0. The molecule has 2 aliphatic carbocycles. The highest BCUT2D eigenvalue weighted by Crippen LogP contribution is 2.44. The van der Waals surface area contributed by atoms with Crippen LogP contribution in [0.4, 0.5) is 26.3 Å². The standard InChI is InChI=1S/C13H17BrF6O/c14-6-3-10(17)12(11(18)4-6)13(19,20)21-7-1-2-8(15)9(16)5-7/h6-12H,1-5H2. The molecule has 0 saturated heterocycles. The molecule has 2 saturated carbocycles. The lowest BCUT2D eigenvalue weighted by atomic mass is 9.84. The van der Waals surface area contributed by atoms with E-state index >= 15 is 0 Å². The zero-order chi connectivity index (χ0) is 15.8. The van der Waals surface area contributed by atoms with Crippen molar-refractivity contribution in [3.8, 4) is 0 Å². The highest BCUT2D eigenvalue weighted by Gasteiger charge is 2.55. The molecule has 0 spiro atoms. The monoisotopic (exact) mass is 382 g/mol. The van der Waals surface area contributed by atoms with Crippen LogP contribution in [0.3, 0.4) is 0 Å². The Morgan fingerprint density at radius 3 is 1.90 bits per heavy atom. The molecule has 2 rings (SSSR count). The Hall–Kier alpha value is 0.0200. The SMILES string of the molecule is FC1CCC(OC(F)(F)C2C(F)CC(Br)CC2F)CC1F. The first kappa shape index (κ1) is 17.4. The first-order valence-electron chi connectivity index (χ1n) is 6.96. The number of halogens is 7. The fourth-order valence-electron chi connectivity index (χ4n) is 2.98. The molecule has 0 aliphatic heterocycles. The minimum absolute atomic E-state index is 0.0845. The van der Waals surface area contributed by atoms with Crippen LogP contribution in [0.5, 0.6) is 0 Å². The smallest absolute Gasteiger partial charge is 0.317 e. The Balaban J connectivity index is 2.00. The van der Waals surface area contributed by atoms with Crippen LogP contribution in [-0.2, 0) is 4.74 Å².